The fourth-order valence-electron chi connectivity index (χ4n) is 1.29. The van der Waals surface area contributed by atoms with Gasteiger partial charge in [0.15, 0.2) is 0 Å². The van der Waals surface area contributed by atoms with Crippen molar-refractivity contribution in [1.29, 1.82) is 0 Å². The van der Waals surface area contributed by atoms with Crippen LogP contribution in [0, 0.1) is 0 Å². The lowest BCUT2D eigenvalue weighted by Gasteiger charge is -2.26. The highest BCUT2D eigenvalue weighted by Crippen LogP contribution is 2.49. The second-order valence-electron chi connectivity index (χ2n) is 3.58. The molecule has 102 valence electrons. The van der Waals surface area contributed by atoms with Crippen molar-refractivity contribution >= 4 is 23.4 Å². The molecule has 19 heavy (non-hydrogen) atoms. The number of benzene rings is 1. The summed E-state index contributed by atoms with van der Waals surface area (Å²) >= 11 is 5.37. The predicted molar refractivity (Wildman–Crippen MR) is 64.7 cm³/mol. The van der Waals surface area contributed by atoms with Crippen LogP contribution < -0.4 is 0 Å². The van der Waals surface area contributed by atoms with Gasteiger partial charge in [-0.05, 0) is 36.0 Å². The van der Waals surface area contributed by atoms with Crippen LogP contribution in [0.2, 0.25) is 5.02 Å². The number of aromatic nitrogens is 2. The van der Waals surface area contributed by atoms with Crippen molar-refractivity contribution < 1.29 is 17.6 Å². The van der Waals surface area contributed by atoms with E-state index >= 15 is 0 Å². The number of alkyl halides is 4. The van der Waals surface area contributed by atoms with Gasteiger partial charge in [-0.2, -0.15) is 17.6 Å². The first-order valence-corrected chi connectivity index (χ1v) is 6.21. The van der Waals surface area contributed by atoms with Crippen LogP contribution in [-0.4, -0.2) is 14.8 Å². The average Bonchev–Trinajstić information content (AvgIpc) is 2.86. The summed E-state index contributed by atoms with van der Waals surface area (Å²) in [5.74, 6) is 0. The van der Waals surface area contributed by atoms with Gasteiger partial charge in [-0.1, -0.05) is 11.6 Å². The maximum absolute atomic E-state index is 13.7. The molecule has 0 fully saturated rings. The van der Waals surface area contributed by atoms with Crippen LogP contribution in [-0.2, 0) is 6.05 Å². The zero-order chi connectivity index (χ0) is 14.1. The summed E-state index contributed by atoms with van der Waals surface area (Å²) in [6.07, 6.45) is 2.45. The molecule has 0 atom stereocenters. The minimum absolute atomic E-state index is 0.00538. The molecule has 1 heterocycles. The van der Waals surface area contributed by atoms with Crippen LogP contribution in [0.15, 0.2) is 47.9 Å². The minimum atomic E-state index is -4.38. The van der Waals surface area contributed by atoms with Crippen molar-refractivity contribution in [1.82, 2.24) is 9.55 Å². The van der Waals surface area contributed by atoms with Gasteiger partial charge in [0.05, 0.1) is 6.33 Å². The number of thioether (sulfide) groups is 1. The third-order valence-electron chi connectivity index (χ3n) is 2.24. The Morgan fingerprint density at radius 2 is 1.74 bits per heavy atom. The number of nitrogens with zero attached hydrogens (tertiary/aromatic N) is 2. The molecule has 1 aromatic carbocycles. The van der Waals surface area contributed by atoms with Gasteiger partial charge >= 0.3 is 11.3 Å². The lowest BCUT2D eigenvalue weighted by atomic mass is 10.4. The topological polar surface area (TPSA) is 17.8 Å². The van der Waals surface area contributed by atoms with Crippen LogP contribution in [0.5, 0.6) is 0 Å². The third-order valence-corrected chi connectivity index (χ3v) is 3.50. The molecule has 0 aliphatic carbocycles. The summed E-state index contributed by atoms with van der Waals surface area (Å²) in [7, 11) is 0. The van der Waals surface area contributed by atoms with E-state index in [9.17, 15) is 17.6 Å². The fourth-order valence-corrected chi connectivity index (χ4v) is 2.21. The van der Waals surface area contributed by atoms with Crippen LogP contribution >= 0.6 is 23.4 Å². The first-order valence-electron chi connectivity index (χ1n) is 5.01. The Labute approximate surface area is 115 Å². The lowest BCUT2D eigenvalue weighted by Crippen LogP contribution is -2.39. The van der Waals surface area contributed by atoms with Gasteiger partial charge in [-0.3, -0.25) is 4.57 Å². The van der Waals surface area contributed by atoms with Crippen molar-refractivity contribution in [2.75, 3.05) is 0 Å². The predicted octanol–water partition coefficient (Wildman–Crippen LogP) is 4.47. The van der Waals surface area contributed by atoms with Crippen molar-refractivity contribution in [3.8, 4) is 0 Å². The zero-order valence-electron chi connectivity index (χ0n) is 9.23. The van der Waals surface area contributed by atoms with Crippen LogP contribution in [0.3, 0.4) is 0 Å². The average molecular weight is 311 g/mol. The summed E-state index contributed by atoms with van der Waals surface area (Å²) in [6, 6.07) is 0.842. The van der Waals surface area contributed by atoms with Gasteiger partial charge in [-0.15, -0.1) is 0 Å². The molecule has 0 aliphatic heterocycles. The molecule has 1 aromatic heterocycles. The number of halogens is 5. The highest BCUT2D eigenvalue weighted by Gasteiger charge is 2.58. The molecule has 0 N–H and O–H groups in total. The molecule has 0 spiro atoms. The number of imidazole rings is 1. The van der Waals surface area contributed by atoms with Crippen LogP contribution in [0.1, 0.15) is 0 Å². The first-order chi connectivity index (χ1) is 8.83. The molecule has 0 unspecified atom stereocenters. The lowest BCUT2D eigenvalue weighted by molar-refractivity contribution is -0.210. The van der Waals surface area contributed by atoms with Gasteiger partial charge in [0.1, 0.15) is 0 Å². The number of hydrogen-bond donors (Lipinski definition) is 0. The van der Waals surface area contributed by atoms with E-state index in [2.05, 4.69) is 4.98 Å². The second kappa shape index (κ2) is 5.05. The maximum atomic E-state index is 13.7. The van der Waals surface area contributed by atoms with Crippen molar-refractivity contribution in [3.05, 3.63) is 48.0 Å². The quantitative estimate of drug-likeness (QED) is 0.612. The monoisotopic (exact) mass is 310 g/mol. The highest BCUT2D eigenvalue weighted by atomic mass is 35.5. The first kappa shape index (κ1) is 14.2. The SMILES string of the molecule is FC(F)(Sc1ccc(Cl)cc1)C(F)(F)n1ccnc1. The van der Waals surface area contributed by atoms with Gasteiger partial charge in [-0.25, -0.2) is 4.98 Å². The summed E-state index contributed by atoms with van der Waals surface area (Å²) in [4.78, 5) is 3.34. The maximum Gasteiger partial charge on any atom is 0.403 e. The largest absolute Gasteiger partial charge is 0.403 e. The molecular formula is C11H7ClF4N2S. The van der Waals surface area contributed by atoms with E-state index in [1.165, 1.54) is 24.3 Å². The van der Waals surface area contributed by atoms with Crippen LogP contribution in [0.4, 0.5) is 17.6 Å². The molecular weight excluding hydrogens is 304 g/mol. The van der Waals surface area contributed by atoms with E-state index in [4.69, 9.17) is 11.6 Å². The molecule has 0 saturated heterocycles. The molecule has 8 heteroatoms. The highest BCUT2D eigenvalue weighted by molar-refractivity contribution is 8.00. The molecule has 0 saturated carbocycles. The summed E-state index contributed by atoms with van der Waals surface area (Å²) < 4.78 is 54.8. The van der Waals surface area contributed by atoms with Crippen molar-refractivity contribution in [2.45, 2.75) is 16.2 Å². The standard InChI is InChI=1S/C11H7ClF4N2S/c12-8-1-3-9(4-2-8)19-11(15,16)10(13,14)18-6-5-17-7-18/h1-7H. The molecule has 0 amide bonds. The summed E-state index contributed by atoms with van der Waals surface area (Å²) in [5.41, 5.74) is 0. The molecule has 0 bridgehead atoms. The second-order valence-corrected chi connectivity index (χ2v) is 5.21. The Kier molecular flexibility index (Phi) is 3.78. The Bertz CT molecular complexity index is 542. The molecule has 0 radical (unpaired) electrons. The number of hydrogen-bond acceptors (Lipinski definition) is 2. The van der Waals surface area contributed by atoms with Gasteiger partial charge < -0.3 is 0 Å². The minimum Gasteiger partial charge on any atom is -0.272 e. The van der Waals surface area contributed by atoms with Gasteiger partial charge in [0.2, 0.25) is 0 Å². The van der Waals surface area contributed by atoms with Gasteiger partial charge in [0, 0.05) is 22.3 Å². The van der Waals surface area contributed by atoms with Crippen molar-refractivity contribution in [3.63, 3.8) is 0 Å². The summed E-state index contributed by atoms with van der Waals surface area (Å²) in [6.45, 7) is 0. The van der Waals surface area contributed by atoms with E-state index in [-0.39, 0.29) is 21.2 Å². The molecule has 2 aromatic rings. The molecule has 2 rings (SSSR count). The smallest absolute Gasteiger partial charge is 0.272 e. The fraction of sp³-hybridized carbons (Fsp3) is 0.182. The summed E-state index contributed by atoms with van der Waals surface area (Å²) in [5, 5.41) is -3.98. The van der Waals surface area contributed by atoms with E-state index < -0.39 is 11.3 Å². The van der Waals surface area contributed by atoms with E-state index in [0.29, 0.717) is 11.3 Å². The van der Waals surface area contributed by atoms with Crippen molar-refractivity contribution in [2.24, 2.45) is 0 Å². The number of rotatable bonds is 4. The Morgan fingerprint density at radius 3 is 2.26 bits per heavy atom. The Balaban J connectivity index is 2.24. The normalized spacial score (nSPS) is 12.7. The van der Waals surface area contributed by atoms with Crippen LogP contribution in [0.25, 0.3) is 0 Å². The van der Waals surface area contributed by atoms with Gasteiger partial charge in [0.25, 0.3) is 0 Å². The zero-order valence-corrected chi connectivity index (χ0v) is 10.8. The third kappa shape index (κ3) is 2.87. The molecule has 2 nitrogen and oxygen atoms in total. The van der Waals surface area contributed by atoms with E-state index in [0.717, 1.165) is 12.4 Å². The Morgan fingerprint density at radius 1 is 1.11 bits per heavy atom. The van der Waals surface area contributed by atoms with E-state index in [1.807, 2.05) is 0 Å². The molecule has 0 aliphatic rings. The Hall–Kier alpha value is -1.21. The van der Waals surface area contributed by atoms with E-state index in [1.54, 1.807) is 0 Å².